The van der Waals surface area contributed by atoms with Crippen LogP contribution in [0.5, 0.6) is 0 Å². The molecule has 0 bridgehead atoms. The molecule has 0 spiro atoms. The van der Waals surface area contributed by atoms with Gasteiger partial charge in [-0.25, -0.2) is 0 Å². The van der Waals surface area contributed by atoms with E-state index >= 15 is 0 Å². The molecule has 0 aromatic heterocycles. The highest BCUT2D eigenvalue weighted by Crippen LogP contribution is 2.23. The molecule has 0 saturated carbocycles. The fourth-order valence-electron chi connectivity index (χ4n) is 2.56. The Kier molecular flexibility index (Phi) is 6.50. The second-order valence-electron chi connectivity index (χ2n) is 5.95. The van der Waals surface area contributed by atoms with Crippen molar-refractivity contribution >= 4 is 29.1 Å². The predicted octanol–water partition coefficient (Wildman–Crippen LogP) is 2.62. The molecule has 6 heteroatoms. The number of halogens is 2. The van der Waals surface area contributed by atoms with Gasteiger partial charge in [0.2, 0.25) is 5.91 Å². The van der Waals surface area contributed by atoms with Gasteiger partial charge in [-0.2, -0.15) is 0 Å². The van der Waals surface area contributed by atoms with Crippen molar-refractivity contribution in [1.29, 1.82) is 0 Å². The van der Waals surface area contributed by atoms with Crippen LogP contribution < -0.4 is 5.73 Å². The molecule has 1 saturated heterocycles. The van der Waals surface area contributed by atoms with E-state index in [4.69, 9.17) is 28.9 Å². The summed E-state index contributed by atoms with van der Waals surface area (Å²) in [6.45, 7) is 6.71. The Morgan fingerprint density at radius 3 is 2.50 bits per heavy atom. The average Bonchev–Trinajstić information content (AvgIpc) is 2.51. The lowest BCUT2D eigenvalue weighted by atomic mass is 10.1. The van der Waals surface area contributed by atoms with Gasteiger partial charge in [-0.1, -0.05) is 36.2 Å². The van der Waals surface area contributed by atoms with Crippen molar-refractivity contribution < 1.29 is 4.79 Å². The zero-order valence-corrected chi connectivity index (χ0v) is 14.4. The number of carbonyl (C=O) groups is 1. The highest BCUT2D eigenvalue weighted by molar-refractivity contribution is 6.42. The van der Waals surface area contributed by atoms with Crippen molar-refractivity contribution in [2.75, 3.05) is 32.7 Å². The minimum atomic E-state index is 0.215. The summed E-state index contributed by atoms with van der Waals surface area (Å²) < 4.78 is 0. The Morgan fingerprint density at radius 2 is 1.91 bits per heavy atom. The van der Waals surface area contributed by atoms with Crippen molar-refractivity contribution in [1.82, 2.24) is 9.80 Å². The van der Waals surface area contributed by atoms with Crippen LogP contribution in [0.2, 0.25) is 10.0 Å². The molecule has 2 rings (SSSR count). The second kappa shape index (κ2) is 8.16. The first-order valence-corrected chi connectivity index (χ1v) is 8.39. The summed E-state index contributed by atoms with van der Waals surface area (Å²) in [4.78, 5) is 16.4. The van der Waals surface area contributed by atoms with Crippen molar-refractivity contribution in [2.24, 2.45) is 11.7 Å². The SMILES string of the molecule is CC(CN)CC(=O)N1CCN(Cc2ccc(Cl)c(Cl)c2)CC1. The summed E-state index contributed by atoms with van der Waals surface area (Å²) in [5, 5.41) is 1.17. The number of rotatable bonds is 5. The molecule has 2 N–H and O–H groups in total. The molecule has 1 unspecified atom stereocenters. The summed E-state index contributed by atoms with van der Waals surface area (Å²) in [5.41, 5.74) is 6.73. The van der Waals surface area contributed by atoms with Gasteiger partial charge in [0.25, 0.3) is 0 Å². The highest BCUT2D eigenvalue weighted by Gasteiger charge is 2.22. The van der Waals surface area contributed by atoms with Crippen molar-refractivity contribution in [3.8, 4) is 0 Å². The van der Waals surface area contributed by atoms with Gasteiger partial charge >= 0.3 is 0 Å². The monoisotopic (exact) mass is 343 g/mol. The molecule has 22 heavy (non-hydrogen) atoms. The van der Waals surface area contributed by atoms with Crippen LogP contribution in [0, 0.1) is 5.92 Å². The fraction of sp³-hybridized carbons (Fsp3) is 0.562. The molecule has 1 aromatic carbocycles. The van der Waals surface area contributed by atoms with E-state index in [0.29, 0.717) is 23.0 Å². The second-order valence-corrected chi connectivity index (χ2v) is 6.76. The van der Waals surface area contributed by atoms with Gasteiger partial charge in [0, 0.05) is 39.1 Å². The quantitative estimate of drug-likeness (QED) is 0.893. The van der Waals surface area contributed by atoms with Gasteiger partial charge < -0.3 is 10.6 Å². The average molecular weight is 344 g/mol. The molecular formula is C16H23Cl2N3O. The highest BCUT2D eigenvalue weighted by atomic mass is 35.5. The molecule has 0 aliphatic carbocycles. The normalized spacial score (nSPS) is 17.5. The fourth-order valence-corrected chi connectivity index (χ4v) is 2.88. The number of hydrogen-bond acceptors (Lipinski definition) is 3. The molecule has 0 radical (unpaired) electrons. The third kappa shape index (κ3) is 4.85. The van der Waals surface area contributed by atoms with Crippen LogP contribution in [-0.2, 0) is 11.3 Å². The largest absolute Gasteiger partial charge is 0.340 e. The molecule has 1 fully saturated rings. The van der Waals surface area contributed by atoms with E-state index in [1.165, 1.54) is 0 Å². The summed E-state index contributed by atoms with van der Waals surface area (Å²) in [6, 6.07) is 5.73. The number of piperazine rings is 1. The molecule has 1 aliphatic heterocycles. The number of nitrogens with two attached hydrogens (primary N) is 1. The zero-order chi connectivity index (χ0) is 16.1. The van der Waals surface area contributed by atoms with Crippen LogP contribution in [0.3, 0.4) is 0 Å². The number of benzene rings is 1. The Bertz CT molecular complexity index is 516. The number of amides is 1. The molecule has 1 amide bonds. The van der Waals surface area contributed by atoms with Gasteiger partial charge in [0.1, 0.15) is 0 Å². The van der Waals surface area contributed by atoms with Crippen molar-refractivity contribution in [2.45, 2.75) is 19.9 Å². The summed E-state index contributed by atoms with van der Waals surface area (Å²) in [6.07, 6.45) is 0.545. The first-order valence-electron chi connectivity index (χ1n) is 7.63. The third-order valence-corrected chi connectivity index (χ3v) is 4.78. The molecule has 1 atom stereocenters. The van der Waals surface area contributed by atoms with Gasteiger partial charge in [-0.3, -0.25) is 9.69 Å². The van der Waals surface area contributed by atoms with Crippen LogP contribution in [0.25, 0.3) is 0 Å². The van der Waals surface area contributed by atoms with Crippen molar-refractivity contribution in [3.05, 3.63) is 33.8 Å². The Hall–Kier alpha value is -0.810. The summed E-state index contributed by atoms with van der Waals surface area (Å²) in [7, 11) is 0. The van der Waals surface area contributed by atoms with Gasteiger partial charge in [0.15, 0.2) is 0 Å². The predicted molar refractivity (Wildman–Crippen MR) is 91.2 cm³/mol. The lowest BCUT2D eigenvalue weighted by Crippen LogP contribution is -2.48. The molecule has 4 nitrogen and oxygen atoms in total. The molecule has 1 aromatic rings. The smallest absolute Gasteiger partial charge is 0.222 e. The van der Waals surface area contributed by atoms with Gasteiger partial charge in [-0.15, -0.1) is 0 Å². The van der Waals surface area contributed by atoms with Crippen LogP contribution in [-0.4, -0.2) is 48.4 Å². The minimum Gasteiger partial charge on any atom is -0.340 e. The maximum absolute atomic E-state index is 12.1. The first-order chi connectivity index (χ1) is 10.5. The Labute approximate surface area is 142 Å². The lowest BCUT2D eigenvalue weighted by Gasteiger charge is -2.35. The van der Waals surface area contributed by atoms with E-state index in [1.54, 1.807) is 0 Å². The van der Waals surface area contributed by atoms with E-state index in [-0.39, 0.29) is 11.8 Å². The number of nitrogens with zero attached hydrogens (tertiary/aromatic N) is 2. The maximum Gasteiger partial charge on any atom is 0.222 e. The van der Waals surface area contributed by atoms with Gasteiger partial charge in [-0.05, 0) is 30.2 Å². The first kappa shape index (κ1) is 17.5. The van der Waals surface area contributed by atoms with E-state index in [0.717, 1.165) is 38.3 Å². The molecule has 1 heterocycles. The molecule has 1 aliphatic rings. The zero-order valence-electron chi connectivity index (χ0n) is 12.9. The van der Waals surface area contributed by atoms with Gasteiger partial charge in [0.05, 0.1) is 10.0 Å². The Morgan fingerprint density at radius 1 is 1.23 bits per heavy atom. The number of hydrogen-bond donors (Lipinski definition) is 1. The Balaban J connectivity index is 1.81. The van der Waals surface area contributed by atoms with E-state index in [1.807, 2.05) is 30.0 Å². The van der Waals surface area contributed by atoms with Crippen molar-refractivity contribution in [3.63, 3.8) is 0 Å². The van der Waals surface area contributed by atoms with E-state index < -0.39 is 0 Å². The molecular weight excluding hydrogens is 321 g/mol. The minimum absolute atomic E-state index is 0.215. The van der Waals surface area contributed by atoms with Crippen LogP contribution in [0.4, 0.5) is 0 Å². The summed E-state index contributed by atoms with van der Waals surface area (Å²) >= 11 is 12.0. The third-order valence-electron chi connectivity index (χ3n) is 4.04. The maximum atomic E-state index is 12.1. The van der Waals surface area contributed by atoms with Crippen LogP contribution in [0.15, 0.2) is 18.2 Å². The number of carbonyl (C=O) groups excluding carboxylic acids is 1. The standard InChI is InChI=1S/C16H23Cl2N3O/c1-12(10-19)8-16(22)21-6-4-20(5-7-21)11-13-2-3-14(17)15(18)9-13/h2-3,9,12H,4-8,10-11,19H2,1H3. The van der Waals surface area contributed by atoms with Crippen LogP contribution >= 0.6 is 23.2 Å². The van der Waals surface area contributed by atoms with Crippen LogP contribution in [0.1, 0.15) is 18.9 Å². The lowest BCUT2D eigenvalue weighted by molar-refractivity contribution is -0.133. The topological polar surface area (TPSA) is 49.6 Å². The van der Waals surface area contributed by atoms with E-state index in [9.17, 15) is 4.79 Å². The van der Waals surface area contributed by atoms with E-state index in [2.05, 4.69) is 4.90 Å². The summed E-state index contributed by atoms with van der Waals surface area (Å²) in [5.74, 6) is 0.467. The molecule has 122 valence electrons.